The van der Waals surface area contributed by atoms with Crippen LogP contribution in [0.5, 0.6) is 0 Å². The molecular weight excluding hydrogens is 335 g/mol. The maximum Gasteiger partial charge on any atom is 0.123 e. The molecule has 0 saturated carbocycles. The molecule has 6 heteroatoms. The predicted molar refractivity (Wildman–Crippen MR) is 75.7 cm³/mol. The van der Waals surface area contributed by atoms with E-state index >= 15 is 0 Å². The Labute approximate surface area is 124 Å². The van der Waals surface area contributed by atoms with Crippen molar-refractivity contribution < 1.29 is 9.50 Å². The van der Waals surface area contributed by atoms with Crippen LogP contribution < -0.4 is 0 Å². The molecule has 0 saturated heterocycles. The van der Waals surface area contributed by atoms with Crippen molar-refractivity contribution >= 4 is 27.5 Å². The van der Waals surface area contributed by atoms with Gasteiger partial charge < -0.3 is 5.11 Å². The molecule has 1 atom stereocenters. The molecule has 1 aromatic heterocycles. The van der Waals surface area contributed by atoms with E-state index in [0.717, 1.165) is 5.69 Å². The minimum Gasteiger partial charge on any atom is -0.388 e. The molecule has 0 bridgehead atoms. The normalized spacial score (nSPS) is 12.7. The van der Waals surface area contributed by atoms with Crippen molar-refractivity contribution in [2.75, 3.05) is 0 Å². The monoisotopic (exact) mass is 346 g/mol. The zero-order valence-corrected chi connectivity index (χ0v) is 12.8. The zero-order chi connectivity index (χ0) is 14.2. The van der Waals surface area contributed by atoms with E-state index in [0.29, 0.717) is 20.8 Å². The fourth-order valence-corrected chi connectivity index (χ4v) is 2.71. The van der Waals surface area contributed by atoms with Gasteiger partial charge >= 0.3 is 0 Å². The molecular formula is C13H13BrClFN2O. The van der Waals surface area contributed by atoms with Crippen LogP contribution in [0, 0.1) is 12.7 Å². The molecule has 2 rings (SSSR count). The number of benzene rings is 1. The van der Waals surface area contributed by atoms with Gasteiger partial charge in [0.05, 0.1) is 22.5 Å². The van der Waals surface area contributed by atoms with E-state index in [9.17, 15) is 9.50 Å². The van der Waals surface area contributed by atoms with Crippen molar-refractivity contribution in [3.05, 3.63) is 50.5 Å². The van der Waals surface area contributed by atoms with E-state index in [2.05, 4.69) is 21.0 Å². The van der Waals surface area contributed by atoms with Gasteiger partial charge in [0.25, 0.3) is 0 Å². The van der Waals surface area contributed by atoms with Crippen LogP contribution in [0.3, 0.4) is 0 Å². The number of aryl methyl sites for hydroxylation is 2. The lowest BCUT2D eigenvalue weighted by atomic mass is 10.0. The summed E-state index contributed by atoms with van der Waals surface area (Å²) in [5.74, 6) is -0.385. The average molecular weight is 348 g/mol. The van der Waals surface area contributed by atoms with Gasteiger partial charge in [-0.15, -0.1) is 0 Å². The smallest absolute Gasteiger partial charge is 0.123 e. The minimum absolute atomic E-state index is 0.276. The fraction of sp³-hybridized carbons (Fsp3) is 0.308. The summed E-state index contributed by atoms with van der Waals surface area (Å²) in [6.07, 6.45) is -0.574. The van der Waals surface area contributed by atoms with E-state index in [4.69, 9.17) is 11.6 Å². The van der Waals surface area contributed by atoms with Crippen molar-refractivity contribution in [3.63, 3.8) is 0 Å². The number of nitrogens with zero attached hydrogens (tertiary/aromatic N) is 2. The maximum absolute atomic E-state index is 13.2. The van der Waals surface area contributed by atoms with E-state index in [1.54, 1.807) is 24.7 Å². The van der Waals surface area contributed by atoms with Gasteiger partial charge in [-0.1, -0.05) is 27.5 Å². The summed E-state index contributed by atoms with van der Waals surface area (Å²) in [5, 5.41) is 15.0. The Hall–Kier alpha value is -0.910. The van der Waals surface area contributed by atoms with Crippen LogP contribution in [0.4, 0.5) is 4.39 Å². The lowest BCUT2D eigenvalue weighted by molar-refractivity contribution is 0.174. The van der Waals surface area contributed by atoms with Crippen LogP contribution in [-0.4, -0.2) is 14.9 Å². The number of aliphatic hydroxyl groups excluding tert-OH is 1. The standard InChI is InChI=1S/C13H13BrClFN2O/c1-7-13(15)11(18(2)17-7)6-12(19)9-5-8(16)3-4-10(9)14/h3-5,12,19H,6H2,1-2H3. The molecule has 1 unspecified atom stereocenters. The predicted octanol–water partition coefficient (Wildman–Crippen LogP) is 3.56. The highest BCUT2D eigenvalue weighted by Gasteiger charge is 2.18. The molecule has 0 radical (unpaired) electrons. The number of hydrogen-bond acceptors (Lipinski definition) is 2. The first-order valence-corrected chi connectivity index (χ1v) is 6.88. The van der Waals surface area contributed by atoms with Crippen LogP contribution in [0.1, 0.15) is 23.1 Å². The molecule has 3 nitrogen and oxygen atoms in total. The van der Waals surface area contributed by atoms with Crippen molar-refractivity contribution in [2.24, 2.45) is 7.05 Å². The molecule has 19 heavy (non-hydrogen) atoms. The Kier molecular flexibility index (Phi) is 4.28. The van der Waals surface area contributed by atoms with Crippen molar-refractivity contribution in [1.82, 2.24) is 9.78 Å². The van der Waals surface area contributed by atoms with E-state index in [1.807, 2.05) is 0 Å². The molecule has 0 aliphatic carbocycles. The first-order valence-electron chi connectivity index (χ1n) is 5.71. The van der Waals surface area contributed by atoms with Gasteiger partial charge in [0, 0.05) is 17.9 Å². The molecule has 0 fully saturated rings. The Morgan fingerprint density at radius 3 is 2.79 bits per heavy atom. The third-order valence-corrected chi connectivity index (χ3v) is 4.18. The Balaban J connectivity index is 2.30. The quantitative estimate of drug-likeness (QED) is 0.922. The molecule has 2 aromatic rings. The summed E-state index contributed by atoms with van der Waals surface area (Å²) in [7, 11) is 1.77. The third-order valence-electron chi connectivity index (χ3n) is 2.97. The van der Waals surface area contributed by atoms with E-state index in [1.165, 1.54) is 12.1 Å². The van der Waals surface area contributed by atoms with Gasteiger partial charge in [0.2, 0.25) is 0 Å². The summed E-state index contributed by atoms with van der Waals surface area (Å²) >= 11 is 9.44. The highest BCUT2D eigenvalue weighted by Crippen LogP contribution is 2.29. The molecule has 102 valence electrons. The Bertz CT molecular complexity index is 615. The molecule has 1 aromatic carbocycles. The second kappa shape index (κ2) is 5.61. The number of aliphatic hydroxyl groups is 1. The average Bonchev–Trinajstić information content (AvgIpc) is 2.59. The lowest BCUT2D eigenvalue weighted by Gasteiger charge is -2.13. The summed E-state index contributed by atoms with van der Waals surface area (Å²) < 4.78 is 15.5. The SMILES string of the molecule is Cc1nn(C)c(CC(O)c2cc(F)ccc2Br)c1Cl. The molecule has 0 aliphatic heterocycles. The Morgan fingerprint density at radius 1 is 1.53 bits per heavy atom. The highest BCUT2D eigenvalue weighted by atomic mass is 79.9. The van der Waals surface area contributed by atoms with Crippen LogP contribution in [0.25, 0.3) is 0 Å². The first-order chi connectivity index (χ1) is 8.90. The molecule has 0 aliphatic rings. The Morgan fingerprint density at radius 2 is 2.21 bits per heavy atom. The molecule has 1 heterocycles. The molecule has 0 spiro atoms. The topological polar surface area (TPSA) is 38.0 Å². The summed E-state index contributed by atoms with van der Waals surface area (Å²) in [4.78, 5) is 0. The van der Waals surface area contributed by atoms with Gasteiger partial charge in [-0.05, 0) is 30.7 Å². The third kappa shape index (κ3) is 2.99. The summed E-state index contributed by atoms with van der Waals surface area (Å²) in [5.41, 5.74) is 1.93. The molecule has 1 N–H and O–H groups in total. The number of aromatic nitrogens is 2. The van der Waals surface area contributed by atoms with Gasteiger partial charge in [-0.3, -0.25) is 4.68 Å². The lowest BCUT2D eigenvalue weighted by Crippen LogP contribution is -2.07. The summed E-state index contributed by atoms with van der Waals surface area (Å²) in [6.45, 7) is 1.80. The van der Waals surface area contributed by atoms with Gasteiger partial charge in [0.1, 0.15) is 5.82 Å². The first kappa shape index (κ1) is 14.5. The van der Waals surface area contributed by atoms with Gasteiger partial charge in [-0.2, -0.15) is 5.10 Å². The maximum atomic E-state index is 13.2. The molecule has 0 amide bonds. The number of hydrogen-bond donors (Lipinski definition) is 1. The van der Waals surface area contributed by atoms with Gasteiger partial charge in [0.15, 0.2) is 0 Å². The highest BCUT2D eigenvalue weighted by molar-refractivity contribution is 9.10. The van der Waals surface area contributed by atoms with Crippen molar-refractivity contribution in [1.29, 1.82) is 0 Å². The zero-order valence-electron chi connectivity index (χ0n) is 10.5. The van der Waals surface area contributed by atoms with Crippen molar-refractivity contribution in [2.45, 2.75) is 19.4 Å². The number of rotatable bonds is 3. The van der Waals surface area contributed by atoms with Crippen LogP contribution in [-0.2, 0) is 13.5 Å². The second-order valence-corrected chi connectivity index (χ2v) is 5.59. The fourth-order valence-electron chi connectivity index (χ4n) is 1.96. The second-order valence-electron chi connectivity index (χ2n) is 4.36. The van der Waals surface area contributed by atoms with Gasteiger partial charge in [-0.25, -0.2) is 4.39 Å². The summed E-state index contributed by atoms with van der Waals surface area (Å²) in [6, 6.07) is 4.22. The van der Waals surface area contributed by atoms with Crippen LogP contribution in [0.2, 0.25) is 5.02 Å². The largest absolute Gasteiger partial charge is 0.388 e. The minimum atomic E-state index is -0.850. The number of halogens is 3. The van der Waals surface area contributed by atoms with Crippen LogP contribution >= 0.6 is 27.5 Å². The van der Waals surface area contributed by atoms with Crippen molar-refractivity contribution in [3.8, 4) is 0 Å². The van der Waals surface area contributed by atoms with E-state index in [-0.39, 0.29) is 12.2 Å². The van der Waals surface area contributed by atoms with E-state index < -0.39 is 6.10 Å². The van der Waals surface area contributed by atoms with Crippen LogP contribution in [0.15, 0.2) is 22.7 Å².